The van der Waals surface area contributed by atoms with Crippen LogP contribution in [0.15, 0.2) is 9.59 Å². The summed E-state index contributed by atoms with van der Waals surface area (Å²) < 4.78 is 4.47. The highest BCUT2D eigenvalue weighted by Crippen LogP contribution is 2.12. The Labute approximate surface area is 110 Å². The fraction of sp³-hybridized carbons (Fsp3) is 0.583. The minimum absolute atomic E-state index is 0.335. The van der Waals surface area contributed by atoms with E-state index in [1.807, 2.05) is 11.5 Å². The average Bonchev–Trinajstić information content (AvgIpc) is 2.74. The molecule has 0 aromatic carbocycles. The predicted molar refractivity (Wildman–Crippen MR) is 73.3 cm³/mol. The minimum Gasteiger partial charge on any atom is -0.330 e. The van der Waals surface area contributed by atoms with E-state index in [1.54, 1.807) is 7.05 Å². The lowest BCUT2D eigenvalue weighted by atomic mass is 10.4. The largest absolute Gasteiger partial charge is 0.332 e. The molecule has 0 aliphatic heterocycles. The lowest BCUT2D eigenvalue weighted by Crippen LogP contribution is -2.37. The van der Waals surface area contributed by atoms with Gasteiger partial charge in [0.05, 0.1) is 0 Å². The van der Waals surface area contributed by atoms with E-state index in [0.717, 1.165) is 16.8 Å². The third-order valence-electron chi connectivity index (χ3n) is 3.23. The third-order valence-corrected chi connectivity index (χ3v) is 3.23. The summed E-state index contributed by atoms with van der Waals surface area (Å²) in [6.45, 7) is 3.21. The van der Waals surface area contributed by atoms with E-state index in [2.05, 4.69) is 4.98 Å². The van der Waals surface area contributed by atoms with E-state index in [4.69, 9.17) is 5.73 Å². The zero-order chi connectivity index (χ0) is 14.2. The molecule has 2 aromatic heterocycles. The predicted octanol–water partition coefficient (Wildman–Crippen LogP) is -0.655. The lowest BCUT2D eigenvalue weighted by Gasteiger charge is -2.09. The Hall–Kier alpha value is -1.89. The number of nitrogens with zero attached hydrogens (tertiary/aromatic N) is 4. The first-order valence-electron chi connectivity index (χ1n) is 6.38. The van der Waals surface area contributed by atoms with Crippen molar-refractivity contribution in [1.29, 1.82) is 0 Å². The van der Waals surface area contributed by atoms with Gasteiger partial charge in [-0.2, -0.15) is 0 Å². The number of aromatic nitrogens is 4. The zero-order valence-electron chi connectivity index (χ0n) is 11.5. The van der Waals surface area contributed by atoms with Crippen LogP contribution >= 0.6 is 0 Å². The first-order chi connectivity index (χ1) is 9.02. The molecule has 0 fully saturated rings. The molecule has 0 aliphatic rings. The molecule has 0 amide bonds. The maximum Gasteiger partial charge on any atom is 0.332 e. The van der Waals surface area contributed by atoms with Gasteiger partial charge in [-0.3, -0.25) is 13.9 Å². The Bertz CT molecular complexity index is 722. The molecule has 2 N–H and O–H groups in total. The number of hydrogen-bond donors (Lipinski definition) is 1. The van der Waals surface area contributed by atoms with Crippen LogP contribution in [0.1, 0.15) is 19.2 Å². The van der Waals surface area contributed by atoms with Crippen LogP contribution in [0, 0.1) is 0 Å². The summed E-state index contributed by atoms with van der Waals surface area (Å²) in [5.41, 5.74) is 5.80. The van der Waals surface area contributed by atoms with Gasteiger partial charge in [0.15, 0.2) is 5.52 Å². The Kier molecular flexibility index (Phi) is 3.57. The van der Waals surface area contributed by atoms with Crippen LogP contribution in [-0.4, -0.2) is 25.2 Å². The number of aryl methyl sites for hydroxylation is 2. The highest BCUT2D eigenvalue weighted by atomic mass is 16.2. The molecule has 104 valence electrons. The average molecular weight is 265 g/mol. The summed E-state index contributed by atoms with van der Waals surface area (Å²) in [6.07, 6.45) is 1.48. The van der Waals surface area contributed by atoms with Crippen molar-refractivity contribution in [3.8, 4) is 0 Å². The molecule has 0 bridgehead atoms. The summed E-state index contributed by atoms with van der Waals surface area (Å²) in [5.74, 6) is 0.762. The van der Waals surface area contributed by atoms with Crippen LogP contribution in [0.3, 0.4) is 0 Å². The van der Waals surface area contributed by atoms with E-state index < -0.39 is 0 Å². The van der Waals surface area contributed by atoms with Crippen LogP contribution in [0.5, 0.6) is 0 Å². The first-order valence-corrected chi connectivity index (χ1v) is 6.38. The summed E-state index contributed by atoms with van der Waals surface area (Å²) >= 11 is 0. The van der Waals surface area contributed by atoms with Gasteiger partial charge in [-0.25, -0.2) is 9.78 Å². The number of fused-ring (bicyclic) bond motifs is 1. The van der Waals surface area contributed by atoms with Crippen molar-refractivity contribution in [2.24, 2.45) is 19.8 Å². The van der Waals surface area contributed by atoms with Crippen molar-refractivity contribution < 1.29 is 0 Å². The SMILES string of the molecule is CCCn1c(CCN)nc2c(=O)n(C)c(=O)n(C)c21. The molecule has 2 aromatic rings. The molecule has 0 saturated carbocycles. The van der Waals surface area contributed by atoms with Crippen molar-refractivity contribution in [2.75, 3.05) is 6.54 Å². The summed E-state index contributed by atoms with van der Waals surface area (Å²) in [4.78, 5) is 28.5. The van der Waals surface area contributed by atoms with E-state index in [-0.39, 0.29) is 11.2 Å². The summed E-state index contributed by atoms with van der Waals surface area (Å²) in [6, 6.07) is 0. The highest BCUT2D eigenvalue weighted by molar-refractivity contribution is 5.70. The normalized spacial score (nSPS) is 11.4. The number of hydrogen-bond acceptors (Lipinski definition) is 4. The summed E-state index contributed by atoms with van der Waals surface area (Å²) in [5, 5.41) is 0. The van der Waals surface area contributed by atoms with E-state index in [1.165, 1.54) is 11.6 Å². The van der Waals surface area contributed by atoms with Crippen molar-refractivity contribution >= 4 is 11.2 Å². The maximum atomic E-state index is 12.1. The Morgan fingerprint density at radius 3 is 2.47 bits per heavy atom. The van der Waals surface area contributed by atoms with E-state index in [0.29, 0.717) is 30.7 Å². The molecule has 7 heteroatoms. The Morgan fingerprint density at radius 1 is 1.21 bits per heavy atom. The topological polar surface area (TPSA) is 87.8 Å². The molecule has 0 unspecified atom stereocenters. The minimum atomic E-state index is -0.355. The fourth-order valence-electron chi connectivity index (χ4n) is 2.31. The van der Waals surface area contributed by atoms with Gasteiger partial charge in [0.2, 0.25) is 0 Å². The number of nitrogens with two attached hydrogens (primary N) is 1. The van der Waals surface area contributed by atoms with Crippen LogP contribution in [-0.2, 0) is 27.1 Å². The molecule has 0 saturated heterocycles. The van der Waals surface area contributed by atoms with Gasteiger partial charge in [0.25, 0.3) is 5.56 Å². The smallest absolute Gasteiger partial charge is 0.330 e. The molecule has 2 heterocycles. The Morgan fingerprint density at radius 2 is 1.89 bits per heavy atom. The second-order valence-corrected chi connectivity index (χ2v) is 4.60. The second kappa shape index (κ2) is 5.00. The zero-order valence-corrected chi connectivity index (χ0v) is 11.5. The van der Waals surface area contributed by atoms with Crippen molar-refractivity contribution in [3.05, 3.63) is 26.7 Å². The standard InChI is InChI=1S/C12H19N5O2/c1-4-7-17-8(5-6-13)14-9-10(17)15(2)12(19)16(3)11(9)18/h4-7,13H2,1-3H3. The van der Waals surface area contributed by atoms with Gasteiger partial charge >= 0.3 is 5.69 Å². The van der Waals surface area contributed by atoms with Crippen LogP contribution in [0.2, 0.25) is 0 Å². The van der Waals surface area contributed by atoms with Gasteiger partial charge < -0.3 is 10.3 Å². The van der Waals surface area contributed by atoms with Crippen LogP contribution in [0.25, 0.3) is 11.2 Å². The molecule has 0 aliphatic carbocycles. The van der Waals surface area contributed by atoms with Gasteiger partial charge in [-0.1, -0.05) is 6.92 Å². The molecular weight excluding hydrogens is 246 g/mol. The van der Waals surface area contributed by atoms with Gasteiger partial charge in [-0.05, 0) is 13.0 Å². The monoisotopic (exact) mass is 265 g/mol. The maximum absolute atomic E-state index is 12.1. The quantitative estimate of drug-likeness (QED) is 0.795. The molecule has 0 atom stereocenters. The molecule has 7 nitrogen and oxygen atoms in total. The molecular formula is C12H19N5O2. The molecule has 19 heavy (non-hydrogen) atoms. The van der Waals surface area contributed by atoms with Gasteiger partial charge in [0, 0.05) is 27.1 Å². The van der Waals surface area contributed by atoms with Crippen molar-refractivity contribution in [3.63, 3.8) is 0 Å². The lowest BCUT2D eigenvalue weighted by molar-refractivity contribution is 0.625. The third kappa shape index (κ3) is 1.99. The highest BCUT2D eigenvalue weighted by Gasteiger charge is 2.17. The number of rotatable bonds is 4. The summed E-state index contributed by atoms with van der Waals surface area (Å²) in [7, 11) is 3.12. The molecule has 0 spiro atoms. The van der Waals surface area contributed by atoms with Gasteiger partial charge in [-0.15, -0.1) is 0 Å². The molecule has 2 rings (SSSR count). The molecule has 0 radical (unpaired) electrons. The van der Waals surface area contributed by atoms with Gasteiger partial charge in [0.1, 0.15) is 11.5 Å². The van der Waals surface area contributed by atoms with Crippen LogP contribution < -0.4 is 17.0 Å². The fourth-order valence-corrected chi connectivity index (χ4v) is 2.31. The first kappa shape index (κ1) is 13.5. The Balaban J connectivity index is 2.92. The van der Waals surface area contributed by atoms with E-state index in [9.17, 15) is 9.59 Å². The van der Waals surface area contributed by atoms with Crippen LogP contribution in [0.4, 0.5) is 0 Å². The second-order valence-electron chi connectivity index (χ2n) is 4.60. The van der Waals surface area contributed by atoms with E-state index >= 15 is 0 Å². The number of imidazole rings is 1. The van der Waals surface area contributed by atoms with Crippen molar-refractivity contribution in [1.82, 2.24) is 18.7 Å². The van der Waals surface area contributed by atoms with Crippen molar-refractivity contribution in [2.45, 2.75) is 26.3 Å².